The average molecular weight is 350 g/mol. The first kappa shape index (κ1) is 18.1. The summed E-state index contributed by atoms with van der Waals surface area (Å²) in [6, 6.07) is 6.07. The molecule has 6 heteroatoms. The lowest BCUT2D eigenvalue weighted by atomic mass is 9.78. The van der Waals surface area contributed by atoms with Crippen LogP contribution in [0.2, 0.25) is 0 Å². The quantitative estimate of drug-likeness (QED) is 0.756. The third kappa shape index (κ3) is 4.30. The molecule has 0 unspecified atom stereocenters. The summed E-state index contributed by atoms with van der Waals surface area (Å²) in [6.07, 6.45) is 2.96. The first-order valence-electron chi connectivity index (χ1n) is 9.02. The summed E-state index contributed by atoms with van der Waals surface area (Å²) >= 11 is 0. The molecule has 2 fully saturated rings. The molecule has 2 saturated heterocycles. The molecule has 2 aliphatic heterocycles. The van der Waals surface area contributed by atoms with E-state index >= 15 is 0 Å². The van der Waals surface area contributed by atoms with Crippen LogP contribution in [0.15, 0.2) is 24.3 Å². The fraction of sp³-hybridized carbons (Fsp3) is 0.632. The van der Waals surface area contributed by atoms with Gasteiger partial charge in [-0.15, -0.1) is 0 Å². The normalized spacial score (nSPS) is 24.2. The molecule has 1 atom stereocenters. The molecule has 5 nitrogen and oxygen atoms in total. The number of rotatable bonds is 7. The van der Waals surface area contributed by atoms with Gasteiger partial charge in [0.25, 0.3) is 0 Å². The van der Waals surface area contributed by atoms with Gasteiger partial charge >= 0.3 is 0 Å². The summed E-state index contributed by atoms with van der Waals surface area (Å²) in [7, 11) is 1.67. The Labute approximate surface area is 148 Å². The van der Waals surface area contributed by atoms with E-state index in [9.17, 15) is 9.18 Å². The molecule has 138 valence electrons. The summed E-state index contributed by atoms with van der Waals surface area (Å²) in [5.74, 6) is 0.704. The molecule has 0 aromatic heterocycles. The standard InChI is InChI=1S/C19H27FN2O3/c1-24-13-12-22-9-2-7-19(18(22)23)8-10-21(15-19)11-14-25-17-5-3-16(20)4-6-17/h3-6H,2,7-15H2,1H3/t19-/m1/s1. The minimum atomic E-state index is -0.261. The van der Waals surface area contributed by atoms with Gasteiger partial charge in [-0.3, -0.25) is 9.69 Å². The van der Waals surface area contributed by atoms with Gasteiger partial charge in [0, 0.05) is 33.3 Å². The number of benzene rings is 1. The molecule has 1 aromatic carbocycles. The maximum Gasteiger partial charge on any atom is 0.230 e. The minimum Gasteiger partial charge on any atom is -0.492 e. The Hall–Kier alpha value is -1.66. The fourth-order valence-corrected chi connectivity index (χ4v) is 3.92. The molecule has 1 spiro atoms. The number of carbonyl (C=O) groups is 1. The summed E-state index contributed by atoms with van der Waals surface area (Å²) in [4.78, 5) is 17.2. The SMILES string of the molecule is COCCN1CCC[C@]2(CCN(CCOc3ccc(F)cc3)C2)C1=O. The number of piperidine rings is 1. The number of ether oxygens (including phenoxy) is 2. The van der Waals surface area contributed by atoms with Crippen LogP contribution in [0, 0.1) is 11.2 Å². The lowest BCUT2D eigenvalue weighted by Gasteiger charge is -2.39. The Morgan fingerprint density at radius 1 is 1.12 bits per heavy atom. The molecule has 1 aromatic rings. The predicted molar refractivity (Wildman–Crippen MR) is 93.1 cm³/mol. The highest BCUT2D eigenvalue weighted by molar-refractivity contribution is 5.84. The van der Waals surface area contributed by atoms with Crippen LogP contribution in [0.25, 0.3) is 0 Å². The number of halogens is 1. The first-order chi connectivity index (χ1) is 12.1. The van der Waals surface area contributed by atoms with Gasteiger partial charge in [-0.25, -0.2) is 4.39 Å². The van der Waals surface area contributed by atoms with Crippen molar-refractivity contribution in [2.45, 2.75) is 19.3 Å². The van der Waals surface area contributed by atoms with Gasteiger partial charge in [0.1, 0.15) is 18.2 Å². The third-order valence-corrected chi connectivity index (χ3v) is 5.31. The van der Waals surface area contributed by atoms with E-state index in [1.165, 1.54) is 12.1 Å². The number of likely N-dealkylation sites (tertiary alicyclic amines) is 2. The van der Waals surface area contributed by atoms with Crippen molar-refractivity contribution >= 4 is 5.91 Å². The van der Waals surface area contributed by atoms with Gasteiger partial charge in [0.15, 0.2) is 0 Å². The molecule has 0 saturated carbocycles. The van der Waals surface area contributed by atoms with Crippen molar-refractivity contribution in [3.05, 3.63) is 30.1 Å². The summed E-state index contributed by atoms with van der Waals surface area (Å²) in [5, 5.41) is 0. The number of hydrogen-bond acceptors (Lipinski definition) is 4. The molecular weight excluding hydrogens is 323 g/mol. The van der Waals surface area contributed by atoms with Crippen molar-refractivity contribution in [2.75, 3.05) is 53.0 Å². The largest absolute Gasteiger partial charge is 0.492 e. The Bertz CT molecular complexity index is 581. The molecule has 0 bridgehead atoms. The van der Waals surface area contributed by atoms with Crippen LogP contribution >= 0.6 is 0 Å². The lowest BCUT2D eigenvalue weighted by Crippen LogP contribution is -2.51. The Morgan fingerprint density at radius 3 is 2.68 bits per heavy atom. The van der Waals surface area contributed by atoms with E-state index in [0.29, 0.717) is 25.5 Å². The van der Waals surface area contributed by atoms with E-state index in [-0.39, 0.29) is 17.1 Å². The van der Waals surface area contributed by atoms with E-state index in [1.54, 1.807) is 19.2 Å². The van der Waals surface area contributed by atoms with E-state index in [2.05, 4.69) is 4.90 Å². The molecule has 0 radical (unpaired) electrons. The molecule has 2 heterocycles. The molecule has 2 aliphatic rings. The minimum absolute atomic E-state index is 0.220. The van der Waals surface area contributed by atoms with Crippen LogP contribution < -0.4 is 4.74 Å². The molecule has 25 heavy (non-hydrogen) atoms. The van der Waals surface area contributed by atoms with Crippen LogP contribution in [0.4, 0.5) is 4.39 Å². The molecule has 3 rings (SSSR count). The molecule has 1 amide bonds. The molecule has 0 aliphatic carbocycles. The van der Waals surface area contributed by atoms with Crippen LogP contribution in [0.5, 0.6) is 5.75 Å². The number of hydrogen-bond donors (Lipinski definition) is 0. The Kier molecular flexibility index (Phi) is 5.91. The second-order valence-corrected chi connectivity index (χ2v) is 7.00. The Balaban J connectivity index is 1.48. The summed E-state index contributed by atoms with van der Waals surface area (Å²) in [5.41, 5.74) is -0.220. The summed E-state index contributed by atoms with van der Waals surface area (Å²) < 4.78 is 23.7. The zero-order chi connectivity index (χ0) is 17.7. The van der Waals surface area contributed by atoms with Gasteiger partial charge in [-0.05, 0) is 50.1 Å². The highest BCUT2D eigenvalue weighted by atomic mass is 19.1. The lowest BCUT2D eigenvalue weighted by molar-refractivity contribution is -0.146. The van der Waals surface area contributed by atoms with E-state index in [4.69, 9.17) is 9.47 Å². The van der Waals surface area contributed by atoms with Crippen molar-refractivity contribution in [2.24, 2.45) is 5.41 Å². The van der Waals surface area contributed by atoms with Crippen molar-refractivity contribution in [1.82, 2.24) is 9.80 Å². The van der Waals surface area contributed by atoms with Crippen LogP contribution in [0.3, 0.4) is 0 Å². The van der Waals surface area contributed by atoms with E-state index < -0.39 is 0 Å². The van der Waals surface area contributed by atoms with Crippen molar-refractivity contribution in [3.63, 3.8) is 0 Å². The van der Waals surface area contributed by atoms with Crippen molar-refractivity contribution in [3.8, 4) is 5.75 Å². The van der Waals surface area contributed by atoms with Crippen molar-refractivity contribution in [1.29, 1.82) is 0 Å². The topological polar surface area (TPSA) is 42.0 Å². The van der Waals surface area contributed by atoms with Gasteiger partial charge < -0.3 is 14.4 Å². The maximum atomic E-state index is 12.9. The van der Waals surface area contributed by atoms with Gasteiger partial charge in [0.05, 0.1) is 12.0 Å². The molecule has 0 N–H and O–H groups in total. The highest BCUT2D eigenvalue weighted by Crippen LogP contribution is 2.39. The smallest absolute Gasteiger partial charge is 0.230 e. The van der Waals surface area contributed by atoms with E-state index in [0.717, 1.165) is 45.4 Å². The average Bonchev–Trinajstić information content (AvgIpc) is 3.02. The first-order valence-corrected chi connectivity index (χ1v) is 9.02. The van der Waals surface area contributed by atoms with E-state index in [1.807, 2.05) is 4.90 Å². The second-order valence-electron chi connectivity index (χ2n) is 7.00. The fourth-order valence-electron chi connectivity index (χ4n) is 3.92. The van der Waals surface area contributed by atoms with Crippen LogP contribution in [-0.4, -0.2) is 68.8 Å². The highest BCUT2D eigenvalue weighted by Gasteiger charge is 2.47. The van der Waals surface area contributed by atoms with Crippen LogP contribution in [0.1, 0.15) is 19.3 Å². The van der Waals surface area contributed by atoms with Crippen LogP contribution in [-0.2, 0) is 9.53 Å². The van der Waals surface area contributed by atoms with Gasteiger partial charge in [-0.2, -0.15) is 0 Å². The zero-order valence-corrected chi connectivity index (χ0v) is 14.9. The van der Waals surface area contributed by atoms with Gasteiger partial charge in [-0.1, -0.05) is 0 Å². The number of amides is 1. The van der Waals surface area contributed by atoms with Crippen molar-refractivity contribution < 1.29 is 18.7 Å². The third-order valence-electron chi connectivity index (χ3n) is 5.31. The predicted octanol–water partition coefficient (Wildman–Crippen LogP) is 2.17. The monoisotopic (exact) mass is 350 g/mol. The number of nitrogens with zero attached hydrogens (tertiary/aromatic N) is 2. The zero-order valence-electron chi connectivity index (χ0n) is 14.9. The Morgan fingerprint density at radius 2 is 1.92 bits per heavy atom. The summed E-state index contributed by atoms with van der Waals surface area (Å²) in [6.45, 7) is 5.19. The number of carbonyl (C=O) groups excluding carboxylic acids is 1. The van der Waals surface area contributed by atoms with Gasteiger partial charge in [0.2, 0.25) is 5.91 Å². The molecular formula is C19H27FN2O3. The number of methoxy groups -OCH3 is 1. The maximum absolute atomic E-state index is 12.9. The second kappa shape index (κ2) is 8.15.